The highest BCUT2D eigenvalue weighted by Gasteiger charge is 2.11. The van der Waals surface area contributed by atoms with Gasteiger partial charge in [-0.05, 0) is 24.6 Å². The first-order valence-corrected chi connectivity index (χ1v) is 5.56. The van der Waals surface area contributed by atoms with E-state index in [0.717, 1.165) is 42.0 Å². The molecule has 0 radical (unpaired) electrons. The molecule has 0 aliphatic carbocycles. The molecule has 0 N–H and O–H groups in total. The first-order valence-electron chi connectivity index (χ1n) is 5.56. The second kappa shape index (κ2) is 4.82. The number of unbranched alkanes of at least 4 members (excludes halogenated alkanes) is 1. The molecule has 1 heterocycles. The molecule has 1 aliphatic rings. The molecule has 82 valence electrons. The molecule has 2 nitrogen and oxygen atoms in total. The lowest BCUT2D eigenvalue weighted by atomic mass is 10.1. The maximum absolute atomic E-state index is 5.63. The van der Waals surface area contributed by atoms with E-state index in [9.17, 15) is 0 Å². The van der Waals surface area contributed by atoms with Crippen LogP contribution < -0.4 is 4.74 Å². The van der Waals surface area contributed by atoms with Crippen molar-refractivity contribution in [2.24, 2.45) is 4.99 Å². The van der Waals surface area contributed by atoms with Crippen LogP contribution in [0.15, 0.2) is 35.5 Å². The molecule has 0 fully saturated rings. The highest BCUT2D eigenvalue weighted by molar-refractivity contribution is 5.97. The molecule has 0 amide bonds. The van der Waals surface area contributed by atoms with Gasteiger partial charge in [-0.25, -0.2) is 4.99 Å². The van der Waals surface area contributed by atoms with E-state index in [0.29, 0.717) is 0 Å². The summed E-state index contributed by atoms with van der Waals surface area (Å²) in [7, 11) is 0. The van der Waals surface area contributed by atoms with Crippen LogP contribution in [-0.2, 0) is 0 Å². The summed E-state index contributed by atoms with van der Waals surface area (Å²) in [5.41, 5.74) is 5.80. The zero-order chi connectivity index (χ0) is 11.4. The number of rotatable bonds is 4. The minimum Gasteiger partial charge on any atom is -0.494 e. The van der Waals surface area contributed by atoms with Crippen molar-refractivity contribution < 1.29 is 4.74 Å². The van der Waals surface area contributed by atoms with E-state index in [1.54, 1.807) is 0 Å². The maximum atomic E-state index is 5.63. The quantitative estimate of drug-likeness (QED) is 0.554. The molecule has 0 aromatic heterocycles. The molecule has 0 spiro atoms. The zero-order valence-corrected chi connectivity index (χ0v) is 9.49. The summed E-state index contributed by atoms with van der Waals surface area (Å²) < 4.78 is 5.63. The van der Waals surface area contributed by atoms with Crippen LogP contribution in [0, 0.1) is 0 Å². The molecule has 1 aromatic carbocycles. The van der Waals surface area contributed by atoms with Crippen LogP contribution in [0.3, 0.4) is 0 Å². The molecule has 2 heteroatoms. The maximum Gasteiger partial charge on any atom is 0.119 e. The Morgan fingerprint density at radius 3 is 3.06 bits per heavy atom. The van der Waals surface area contributed by atoms with E-state index in [2.05, 4.69) is 24.2 Å². The Balaban J connectivity index is 2.15. The molecule has 0 bridgehead atoms. The Bertz CT molecular complexity index is 468. The van der Waals surface area contributed by atoms with Gasteiger partial charge in [-0.1, -0.05) is 19.9 Å². The lowest BCUT2D eigenvalue weighted by Crippen LogP contribution is -1.97. The molecule has 1 aromatic rings. The van der Waals surface area contributed by atoms with Crippen LogP contribution in [-0.4, -0.2) is 12.8 Å². The van der Waals surface area contributed by atoms with Crippen molar-refractivity contribution in [1.82, 2.24) is 0 Å². The average Bonchev–Trinajstić information content (AvgIpc) is 2.71. The Morgan fingerprint density at radius 2 is 2.31 bits per heavy atom. The minimum absolute atomic E-state index is 0.774. The topological polar surface area (TPSA) is 21.6 Å². The van der Waals surface area contributed by atoms with Crippen molar-refractivity contribution in [3.05, 3.63) is 41.6 Å². The SMILES string of the molecule is C=C=C1N=Cc2cc(OCCCC)ccc21. The number of hydrogen-bond donors (Lipinski definition) is 0. The van der Waals surface area contributed by atoms with E-state index in [1.807, 2.05) is 24.4 Å². The van der Waals surface area contributed by atoms with Crippen molar-refractivity contribution in [2.45, 2.75) is 19.8 Å². The summed E-state index contributed by atoms with van der Waals surface area (Å²) in [5, 5.41) is 0. The van der Waals surface area contributed by atoms with Crippen LogP contribution in [0.25, 0.3) is 5.70 Å². The number of fused-ring (bicyclic) bond motifs is 1. The van der Waals surface area contributed by atoms with Crippen LogP contribution in [0.2, 0.25) is 0 Å². The summed E-state index contributed by atoms with van der Waals surface area (Å²) in [6.07, 6.45) is 4.06. The third-order valence-corrected chi connectivity index (χ3v) is 2.54. The molecule has 16 heavy (non-hydrogen) atoms. The standard InChI is InChI=1S/C14H15NO/c1-3-5-8-16-12-6-7-13-11(9-12)10-15-14(13)4-2/h6-7,9-10H,2-3,5,8H2,1H3. The van der Waals surface area contributed by atoms with E-state index in [-0.39, 0.29) is 0 Å². The van der Waals surface area contributed by atoms with Gasteiger partial charge in [0.2, 0.25) is 0 Å². The molecule has 2 rings (SSSR count). The van der Waals surface area contributed by atoms with Gasteiger partial charge in [-0.15, -0.1) is 5.73 Å². The lowest BCUT2D eigenvalue weighted by Gasteiger charge is -2.06. The van der Waals surface area contributed by atoms with Crippen LogP contribution in [0.1, 0.15) is 30.9 Å². The predicted octanol–water partition coefficient (Wildman–Crippen LogP) is 3.42. The second-order valence-corrected chi connectivity index (χ2v) is 3.73. The molecule has 0 saturated heterocycles. The van der Waals surface area contributed by atoms with Gasteiger partial charge in [-0.2, -0.15) is 0 Å². The third-order valence-electron chi connectivity index (χ3n) is 2.54. The van der Waals surface area contributed by atoms with Crippen LogP contribution in [0.4, 0.5) is 0 Å². The van der Waals surface area contributed by atoms with Gasteiger partial charge in [0.15, 0.2) is 0 Å². The average molecular weight is 213 g/mol. The van der Waals surface area contributed by atoms with E-state index in [1.165, 1.54) is 0 Å². The van der Waals surface area contributed by atoms with Crippen molar-refractivity contribution in [2.75, 3.05) is 6.61 Å². The number of aliphatic imine (C=N–C) groups is 1. The molecule has 0 atom stereocenters. The summed E-state index contributed by atoms with van der Waals surface area (Å²) in [5.74, 6) is 0.906. The van der Waals surface area contributed by atoms with Gasteiger partial charge in [0.1, 0.15) is 11.4 Å². The van der Waals surface area contributed by atoms with Crippen molar-refractivity contribution in [3.8, 4) is 5.75 Å². The van der Waals surface area contributed by atoms with Crippen LogP contribution in [0.5, 0.6) is 5.75 Å². The van der Waals surface area contributed by atoms with E-state index >= 15 is 0 Å². The fraction of sp³-hybridized carbons (Fsp3) is 0.286. The summed E-state index contributed by atoms with van der Waals surface area (Å²) in [6, 6.07) is 6.00. The minimum atomic E-state index is 0.774. The Morgan fingerprint density at radius 1 is 1.44 bits per heavy atom. The zero-order valence-electron chi connectivity index (χ0n) is 9.49. The number of hydrogen-bond acceptors (Lipinski definition) is 2. The fourth-order valence-electron chi connectivity index (χ4n) is 1.63. The number of benzene rings is 1. The fourth-order valence-corrected chi connectivity index (χ4v) is 1.63. The number of ether oxygens (including phenoxy) is 1. The summed E-state index contributed by atoms with van der Waals surface area (Å²) in [6.45, 7) is 6.54. The first-order chi connectivity index (χ1) is 7.85. The third kappa shape index (κ3) is 2.07. The molecule has 0 unspecified atom stereocenters. The van der Waals surface area contributed by atoms with Crippen molar-refractivity contribution in [3.63, 3.8) is 0 Å². The predicted molar refractivity (Wildman–Crippen MR) is 67.0 cm³/mol. The summed E-state index contributed by atoms with van der Waals surface area (Å²) >= 11 is 0. The second-order valence-electron chi connectivity index (χ2n) is 3.73. The normalized spacial score (nSPS) is 12.4. The summed E-state index contributed by atoms with van der Waals surface area (Å²) in [4.78, 5) is 4.22. The smallest absolute Gasteiger partial charge is 0.119 e. The van der Waals surface area contributed by atoms with Crippen molar-refractivity contribution in [1.29, 1.82) is 0 Å². The van der Waals surface area contributed by atoms with E-state index in [4.69, 9.17) is 4.74 Å². The van der Waals surface area contributed by atoms with Gasteiger partial charge in [0.25, 0.3) is 0 Å². The largest absolute Gasteiger partial charge is 0.494 e. The van der Waals surface area contributed by atoms with Gasteiger partial charge < -0.3 is 4.74 Å². The first kappa shape index (κ1) is 10.7. The molecule has 1 aliphatic heterocycles. The lowest BCUT2D eigenvalue weighted by molar-refractivity contribution is 0.309. The Labute approximate surface area is 96.0 Å². The van der Waals surface area contributed by atoms with Gasteiger partial charge in [0.05, 0.1) is 6.61 Å². The number of nitrogens with zero attached hydrogens (tertiary/aromatic N) is 1. The van der Waals surface area contributed by atoms with Crippen molar-refractivity contribution >= 4 is 11.9 Å². The highest BCUT2D eigenvalue weighted by Crippen LogP contribution is 2.27. The Hall–Kier alpha value is -1.79. The van der Waals surface area contributed by atoms with Gasteiger partial charge in [-0.3, -0.25) is 0 Å². The highest BCUT2D eigenvalue weighted by atomic mass is 16.5. The van der Waals surface area contributed by atoms with Crippen LogP contribution >= 0.6 is 0 Å². The molecule has 0 saturated carbocycles. The van der Waals surface area contributed by atoms with Gasteiger partial charge in [0, 0.05) is 17.3 Å². The van der Waals surface area contributed by atoms with E-state index < -0.39 is 0 Å². The Kier molecular flexibility index (Phi) is 3.23. The monoisotopic (exact) mass is 213 g/mol. The molecular weight excluding hydrogens is 198 g/mol. The molecular formula is C14H15NO. The van der Waals surface area contributed by atoms with Gasteiger partial charge >= 0.3 is 0 Å².